The van der Waals surface area contributed by atoms with E-state index >= 15 is 0 Å². The van der Waals surface area contributed by atoms with E-state index in [9.17, 15) is 0 Å². The van der Waals surface area contributed by atoms with Crippen molar-refractivity contribution in [2.75, 3.05) is 0 Å². The van der Waals surface area contributed by atoms with Gasteiger partial charge in [0, 0.05) is 0 Å². The van der Waals surface area contributed by atoms with E-state index < -0.39 is 99.1 Å². The van der Waals surface area contributed by atoms with Gasteiger partial charge in [0.1, 0.15) is 0 Å². The topological polar surface area (TPSA) is 336 Å². The summed E-state index contributed by atoms with van der Waals surface area (Å²) in [5.74, 6) is 0. The van der Waals surface area contributed by atoms with E-state index in [4.69, 9.17) is 67.2 Å². The van der Waals surface area contributed by atoms with E-state index in [1.54, 1.807) is 0 Å². The molecular weight excluding hydrogens is 1120 g/mol. The van der Waals surface area contributed by atoms with Crippen LogP contribution in [0.5, 0.6) is 0 Å². The number of hydrogen-bond acceptors (Lipinski definition) is 17. The Labute approximate surface area is 202 Å². The molecule has 17 nitrogen and oxygen atoms in total. The molecule has 0 aromatic heterocycles. The minimum absolute atomic E-state index is 0.750. The number of hydrogen-bond donors (Lipinski definition) is 3. The number of rotatable bonds is 0. The van der Waals surface area contributed by atoms with Crippen LogP contribution in [-0.2, 0) is 22.5 Å². The van der Waals surface area contributed by atoms with Crippen molar-refractivity contribution in [3.8, 4) is 0 Å². The molecule has 0 spiro atoms. The zero-order valence-electron chi connectivity index (χ0n) is 13.3. The summed E-state index contributed by atoms with van der Waals surface area (Å²) in [4.78, 5) is 51.3. The molecule has 0 aromatic carbocycles. The van der Waals surface area contributed by atoms with Crippen LogP contribution in [0.2, 0.25) is 0 Å². The number of phosphoric acid groups is 2. The molecule has 0 amide bonds. The average molecular weight is 1130 g/mol. The van der Waals surface area contributed by atoms with Gasteiger partial charge in [-0.3, -0.25) is 0 Å². The van der Waals surface area contributed by atoms with Crippen molar-refractivity contribution < 1.29 is 151 Å². The molecule has 3 N–H and O–H groups in total. The quantitative estimate of drug-likeness (QED) is 0.153. The van der Waals surface area contributed by atoms with Gasteiger partial charge in [-0.25, -0.2) is 0 Å². The summed E-state index contributed by atoms with van der Waals surface area (Å²) in [6.45, 7) is 8.75. The Hall–Kier alpha value is 0.796. The molecule has 28 heavy (non-hydrogen) atoms. The second-order valence-corrected chi connectivity index (χ2v) is 5.56. The first kappa shape index (κ1) is 51.4. The zero-order valence-corrected chi connectivity index (χ0v) is 27.6. The van der Waals surface area contributed by atoms with Crippen LogP contribution in [0.15, 0.2) is 38.5 Å². The van der Waals surface area contributed by atoms with Crippen molar-refractivity contribution in [2.45, 2.75) is 0 Å². The van der Waals surface area contributed by atoms with E-state index in [0.717, 1.165) is 18.8 Å². The standard InChI is InChI=1S/3C2H4O.2H3O4P.6O.3U/c3*1-2-3;2*1-5(2,3)4;;;;;;;;;/h3*2-3H,1H2;2*(H3,1,2,3,4);;;;;;;;;/q;;;;;;;;;;;3*+2/p-6. The van der Waals surface area contributed by atoms with Gasteiger partial charge >= 0.3 is 96.9 Å². The number of aliphatic hydroxyl groups excluding tert-OH is 3. The predicted octanol–water partition coefficient (Wildman–Crippen LogP) is -4.30. The van der Waals surface area contributed by atoms with Crippen molar-refractivity contribution in [3.63, 3.8) is 0 Å². The normalized spacial score (nSPS) is 6.36. The summed E-state index contributed by atoms with van der Waals surface area (Å²) >= 11 is -7.52. The zero-order chi connectivity index (χ0) is 25.2. The van der Waals surface area contributed by atoms with Crippen LogP contribution in [0.25, 0.3) is 0 Å². The van der Waals surface area contributed by atoms with Gasteiger partial charge in [-0.15, -0.1) is 0 Å². The molecule has 0 atom stereocenters. The summed E-state index contributed by atoms with van der Waals surface area (Å²) in [5.41, 5.74) is 0. The maximum absolute atomic E-state index is 8.58. The molecule has 0 aromatic rings. The second kappa shape index (κ2) is 56.5. The van der Waals surface area contributed by atoms with Gasteiger partial charge in [-0.1, -0.05) is 19.7 Å². The van der Waals surface area contributed by atoms with Crippen LogP contribution >= 0.6 is 15.6 Å². The Kier molecular flexibility index (Phi) is 104. The summed E-state index contributed by atoms with van der Waals surface area (Å²) in [5, 5.41) is 22.0. The van der Waals surface area contributed by atoms with Gasteiger partial charge < -0.3 is 53.8 Å². The minimum atomic E-state index is -5.39. The van der Waals surface area contributed by atoms with Crippen LogP contribution in [0, 0.1) is 83.5 Å². The van der Waals surface area contributed by atoms with Crippen LogP contribution in [0.3, 0.4) is 0 Å². The third-order valence-electron chi connectivity index (χ3n) is 0. The second-order valence-electron chi connectivity index (χ2n) is 1.69. The molecule has 22 heteroatoms. The molecule has 0 rings (SSSR count). The van der Waals surface area contributed by atoms with Gasteiger partial charge in [0.2, 0.25) is 0 Å². The Bertz CT molecular complexity index is 426. The summed E-state index contributed by atoms with van der Waals surface area (Å²) < 4.78 is 68.6. The molecular formula is C6H12O17P2U3. The average Bonchev–Trinajstić information content (AvgIpc) is 2.39. The monoisotopic (exact) mass is 1130 g/mol. The van der Waals surface area contributed by atoms with Gasteiger partial charge in [0.15, 0.2) is 0 Å². The summed E-state index contributed by atoms with van der Waals surface area (Å²) in [7, 11) is -10.8. The molecule has 0 aliphatic rings. The summed E-state index contributed by atoms with van der Waals surface area (Å²) in [6, 6.07) is 0. The van der Waals surface area contributed by atoms with Gasteiger partial charge in [0.05, 0.1) is 18.8 Å². The molecule has 0 saturated carbocycles. The maximum atomic E-state index is 8.58. The number of aliphatic hydroxyl groups is 3. The molecule has 0 heterocycles. The Morgan fingerprint density at radius 3 is 0.536 bits per heavy atom. The van der Waals surface area contributed by atoms with Crippen molar-refractivity contribution in [2.24, 2.45) is 0 Å². The van der Waals surface area contributed by atoms with Crippen LogP contribution < -0.4 is 29.4 Å². The molecule has 0 unspecified atom stereocenters. The molecule has 0 fully saturated rings. The molecule has 0 aliphatic heterocycles. The third kappa shape index (κ3) is 28200. The fourth-order valence-electron chi connectivity index (χ4n) is 0. The van der Waals surface area contributed by atoms with Gasteiger partial charge in [0.25, 0.3) is 0 Å². The van der Waals surface area contributed by atoms with Gasteiger partial charge in [-0.2, -0.15) is 15.6 Å². The first-order valence-electron chi connectivity index (χ1n) is 4.68. The third-order valence-corrected chi connectivity index (χ3v) is 0. The Morgan fingerprint density at radius 2 is 0.536 bits per heavy atom. The van der Waals surface area contributed by atoms with Crippen LogP contribution in [0.1, 0.15) is 0 Å². The van der Waals surface area contributed by atoms with Crippen molar-refractivity contribution in [1.29, 1.82) is 0 Å². The van der Waals surface area contributed by atoms with Gasteiger partial charge in [-0.05, 0) is 0 Å². The Balaban J connectivity index is -0.0000000276. The van der Waals surface area contributed by atoms with Crippen molar-refractivity contribution in [1.82, 2.24) is 0 Å². The van der Waals surface area contributed by atoms with E-state index in [0.29, 0.717) is 0 Å². The van der Waals surface area contributed by atoms with E-state index in [1.165, 1.54) is 0 Å². The molecule has 0 aliphatic carbocycles. The fourth-order valence-corrected chi connectivity index (χ4v) is 0. The molecule has 0 saturated heterocycles. The summed E-state index contributed by atoms with van der Waals surface area (Å²) in [6.07, 6.45) is 2.25. The van der Waals surface area contributed by atoms with Crippen LogP contribution in [0.4, 0.5) is 0 Å². The Morgan fingerprint density at radius 1 is 0.536 bits per heavy atom. The first-order valence-corrected chi connectivity index (χ1v) is 17.8. The molecule has 160 valence electrons. The first-order chi connectivity index (χ1) is 12.5. The molecule has 0 bridgehead atoms. The van der Waals surface area contributed by atoms with E-state index in [2.05, 4.69) is 19.7 Å². The van der Waals surface area contributed by atoms with Crippen molar-refractivity contribution >= 4 is 15.6 Å². The van der Waals surface area contributed by atoms with Crippen LogP contribution in [-0.4, -0.2) is 15.3 Å². The predicted molar refractivity (Wildman–Crippen MR) is 57.8 cm³/mol. The fraction of sp³-hybridized carbons (Fsp3) is 0. The molecule has 0 radical (unpaired) electrons. The van der Waals surface area contributed by atoms with E-state index in [1.807, 2.05) is 0 Å². The van der Waals surface area contributed by atoms with E-state index in [-0.39, 0.29) is 0 Å². The van der Waals surface area contributed by atoms with Crippen molar-refractivity contribution in [3.05, 3.63) is 38.5 Å². The SMILES string of the molecule is C=CO.C=CO.C=CO.O=P([O-])([O-])[O-].O=P([O-])([O-])[O-].[O]=[U+2]=[O].[O]=[U+2]=[O].[O]=[U+2]=[O].